The molecule has 0 spiro atoms. The van der Waals surface area contributed by atoms with Crippen LogP contribution in [0.1, 0.15) is 29.8 Å². The van der Waals surface area contributed by atoms with Gasteiger partial charge in [-0.3, -0.25) is 9.59 Å². The maximum Gasteiger partial charge on any atom is 0.269 e. The van der Waals surface area contributed by atoms with Crippen LogP contribution in [0.25, 0.3) is 0 Å². The number of halogens is 1. The van der Waals surface area contributed by atoms with Crippen LogP contribution in [0.2, 0.25) is 5.02 Å². The Morgan fingerprint density at radius 3 is 2.14 bits per heavy atom. The molecule has 0 aliphatic rings. The summed E-state index contributed by atoms with van der Waals surface area (Å²) in [6.45, 7) is 6.70. The Kier molecular flexibility index (Phi) is 6.86. The molecular formula is C19H20ClN5O3. The lowest BCUT2D eigenvalue weighted by Crippen LogP contribution is -2.45. The van der Waals surface area contributed by atoms with Gasteiger partial charge in [0.2, 0.25) is 0 Å². The van der Waals surface area contributed by atoms with Crippen molar-refractivity contribution in [1.29, 1.82) is 0 Å². The van der Waals surface area contributed by atoms with Gasteiger partial charge < -0.3 is 10.1 Å². The maximum atomic E-state index is 12.5. The second kappa shape index (κ2) is 9.12. The molecule has 0 aromatic heterocycles. The van der Waals surface area contributed by atoms with Gasteiger partial charge in [-0.2, -0.15) is 0 Å². The topological polar surface area (TPSA) is 118 Å². The van der Waals surface area contributed by atoms with Crippen molar-refractivity contribution in [2.24, 2.45) is 16.2 Å². The van der Waals surface area contributed by atoms with Crippen LogP contribution < -0.4 is 21.4 Å². The lowest BCUT2D eigenvalue weighted by molar-refractivity contribution is -0.133. The van der Waals surface area contributed by atoms with E-state index in [2.05, 4.69) is 22.2 Å². The number of hydrogen-bond donors (Lipinski definition) is 3. The molecule has 0 saturated carbocycles. The van der Waals surface area contributed by atoms with Gasteiger partial charge in [0.05, 0.1) is 0 Å². The average molecular weight is 402 g/mol. The van der Waals surface area contributed by atoms with Gasteiger partial charge in [-0.1, -0.05) is 23.4 Å². The molecule has 146 valence electrons. The van der Waals surface area contributed by atoms with Gasteiger partial charge in [-0.05, 0) is 62.4 Å². The number of amides is 1. The number of hydrazine groups is 1. The molecule has 0 saturated heterocycles. The molecule has 28 heavy (non-hydrogen) atoms. The summed E-state index contributed by atoms with van der Waals surface area (Å²) in [6, 6.07) is 13.1. The summed E-state index contributed by atoms with van der Waals surface area (Å²) in [4.78, 5) is 24.8. The number of rotatable bonds is 8. The van der Waals surface area contributed by atoms with E-state index in [-0.39, 0.29) is 11.6 Å². The van der Waals surface area contributed by atoms with Gasteiger partial charge >= 0.3 is 0 Å². The van der Waals surface area contributed by atoms with Crippen LogP contribution in [-0.2, 0) is 4.79 Å². The molecule has 0 unspecified atom stereocenters. The van der Waals surface area contributed by atoms with E-state index >= 15 is 0 Å². The normalized spacial score (nSPS) is 11.1. The summed E-state index contributed by atoms with van der Waals surface area (Å²) in [5, 5.41) is 9.85. The van der Waals surface area contributed by atoms with E-state index in [1.54, 1.807) is 62.4 Å². The molecule has 0 radical (unpaired) electrons. The molecule has 2 rings (SSSR count). The van der Waals surface area contributed by atoms with Crippen LogP contribution >= 0.6 is 11.6 Å². The Hall–Kier alpha value is -3.23. The van der Waals surface area contributed by atoms with Crippen molar-refractivity contribution >= 4 is 23.3 Å². The standard InChI is InChI=1S/C19H20ClN5O3/c1-12(23-25-24-21)22-18(27)19(2,3)28-16-10-6-14(7-11-16)17(26)13-4-8-15(20)9-5-13/h4-11H,1H2,2-3H3,(H2,21,25)(H,22,27)(H,23,24). The van der Waals surface area contributed by atoms with E-state index in [1.165, 1.54) is 0 Å². The molecule has 0 atom stereocenters. The van der Waals surface area contributed by atoms with Crippen molar-refractivity contribution in [3.63, 3.8) is 0 Å². The van der Waals surface area contributed by atoms with E-state index in [1.807, 2.05) is 5.53 Å². The van der Waals surface area contributed by atoms with E-state index in [0.717, 1.165) is 0 Å². The van der Waals surface area contributed by atoms with Crippen molar-refractivity contribution in [3.05, 3.63) is 77.1 Å². The molecule has 8 nitrogen and oxygen atoms in total. The molecule has 0 heterocycles. The smallest absolute Gasteiger partial charge is 0.269 e. The molecule has 0 aliphatic carbocycles. The Balaban J connectivity index is 2.05. The Labute approximate surface area is 167 Å². The number of carbonyl (C=O) groups excluding carboxylic acids is 2. The monoisotopic (exact) mass is 401 g/mol. The summed E-state index contributed by atoms with van der Waals surface area (Å²) in [5.74, 6) is 4.76. The van der Waals surface area contributed by atoms with Crippen LogP contribution in [-0.4, -0.2) is 17.3 Å². The quantitative estimate of drug-likeness (QED) is 0.272. The van der Waals surface area contributed by atoms with Gasteiger partial charge in [-0.15, -0.1) is 5.11 Å². The minimum atomic E-state index is -1.23. The molecule has 0 bridgehead atoms. The third kappa shape index (κ3) is 5.63. The summed E-state index contributed by atoms with van der Waals surface area (Å²) in [6.07, 6.45) is 0. The summed E-state index contributed by atoms with van der Waals surface area (Å²) in [5.41, 5.74) is 1.75. The Morgan fingerprint density at radius 2 is 1.61 bits per heavy atom. The SMILES string of the molecule is C=C(/N=N\NN)NC(=O)C(C)(C)Oc1ccc(C(=O)c2ccc(Cl)cc2)cc1. The number of carbonyl (C=O) groups is 2. The first-order valence-corrected chi connectivity index (χ1v) is 8.57. The largest absolute Gasteiger partial charge is 0.478 e. The number of benzene rings is 2. The minimum absolute atomic E-state index is 0.00327. The lowest BCUT2D eigenvalue weighted by Gasteiger charge is -2.25. The first-order chi connectivity index (χ1) is 13.2. The number of ether oxygens (including phenoxy) is 1. The van der Waals surface area contributed by atoms with Crippen molar-refractivity contribution in [1.82, 2.24) is 10.9 Å². The van der Waals surface area contributed by atoms with Crippen LogP contribution in [0.3, 0.4) is 0 Å². The number of nitrogens with zero attached hydrogens (tertiary/aromatic N) is 2. The molecule has 2 aromatic carbocycles. The fourth-order valence-corrected chi connectivity index (χ4v) is 2.31. The van der Waals surface area contributed by atoms with Crippen LogP contribution in [0, 0.1) is 0 Å². The van der Waals surface area contributed by atoms with Crippen LogP contribution in [0.5, 0.6) is 5.75 Å². The molecule has 0 aliphatic heterocycles. The lowest BCUT2D eigenvalue weighted by atomic mass is 10.0. The second-order valence-corrected chi connectivity index (χ2v) is 6.64. The Morgan fingerprint density at radius 1 is 1.07 bits per heavy atom. The zero-order chi connectivity index (χ0) is 20.7. The predicted octanol–water partition coefficient (Wildman–Crippen LogP) is 3.15. The van der Waals surface area contributed by atoms with Crippen molar-refractivity contribution < 1.29 is 14.3 Å². The molecule has 9 heteroatoms. The fraction of sp³-hybridized carbons (Fsp3) is 0.158. The van der Waals surface area contributed by atoms with Gasteiger partial charge in [0.15, 0.2) is 11.4 Å². The number of nitrogens with two attached hydrogens (primary N) is 1. The number of nitrogens with one attached hydrogen (secondary N) is 2. The highest BCUT2D eigenvalue weighted by Gasteiger charge is 2.30. The molecule has 0 fully saturated rings. The van der Waals surface area contributed by atoms with Crippen molar-refractivity contribution in [3.8, 4) is 5.75 Å². The zero-order valence-electron chi connectivity index (χ0n) is 15.4. The highest BCUT2D eigenvalue weighted by Crippen LogP contribution is 2.21. The van der Waals surface area contributed by atoms with Crippen LogP contribution in [0.4, 0.5) is 0 Å². The van der Waals surface area contributed by atoms with Gasteiger partial charge in [-0.25, -0.2) is 11.4 Å². The third-order valence-corrected chi connectivity index (χ3v) is 3.88. The van der Waals surface area contributed by atoms with E-state index in [4.69, 9.17) is 22.2 Å². The van der Waals surface area contributed by atoms with Gasteiger partial charge in [0, 0.05) is 16.1 Å². The second-order valence-electron chi connectivity index (χ2n) is 6.20. The third-order valence-electron chi connectivity index (χ3n) is 3.63. The molecular weight excluding hydrogens is 382 g/mol. The summed E-state index contributed by atoms with van der Waals surface area (Å²) >= 11 is 5.84. The summed E-state index contributed by atoms with van der Waals surface area (Å²) in [7, 11) is 0. The molecule has 4 N–H and O–H groups in total. The molecule has 1 amide bonds. The number of ketones is 1. The molecule has 2 aromatic rings. The first-order valence-electron chi connectivity index (χ1n) is 8.19. The van der Waals surface area contributed by atoms with Gasteiger partial charge in [0.25, 0.3) is 5.91 Å². The highest BCUT2D eigenvalue weighted by atomic mass is 35.5. The van der Waals surface area contributed by atoms with Crippen LogP contribution in [0.15, 0.2) is 71.3 Å². The fourth-order valence-electron chi connectivity index (χ4n) is 2.18. The highest BCUT2D eigenvalue weighted by molar-refractivity contribution is 6.30. The minimum Gasteiger partial charge on any atom is -0.478 e. The van der Waals surface area contributed by atoms with E-state index in [0.29, 0.717) is 21.9 Å². The first kappa shape index (κ1) is 21.1. The van der Waals surface area contributed by atoms with Crippen molar-refractivity contribution in [2.45, 2.75) is 19.4 Å². The predicted molar refractivity (Wildman–Crippen MR) is 105 cm³/mol. The average Bonchev–Trinajstić information content (AvgIpc) is 2.66. The maximum absolute atomic E-state index is 12.5. The van der Waals surface area contributed by atoms with Gasteiger partial charge in [0.1, 0.15) is 11.6 Å². The Bertz CT molecular complexity index is 893. The number of hydrogen-bond acceptors (Lipinski definition) is 6. The van der Waals surface area contributed by atoms with E-state index in [9.17, 15) is 9.59 Å². The summed E-state index contributed by atoms with van der Waals surface area (Å²) < 4.78 is 5.73. The zero-order valence-corrected chi connectivity index (χ0v) is 16.2. The van der Waals surface area contributed by atoms with Crippen molar-refractivity contribution in [2.75, 3.05) is 0 Å². The van der Waals surface area contributed by atoms with E-state index < -0.39 is 11.5 Å².